The van der Waals surface area contributed by atoms with Gasteiger partial charge in [-0.05, 0) is 13.1 Å². The van der Waals surface area contributed by atoms with E-state index in [4.69, 9.17) is 4.74 Å². The van der Waals surface area contributed by atoms with Gasteiger partial charge in [0.1, 0.15) is 18.0 Å². The van der Waals surface area contributed by atoms with Gasteiger partial charge in [-0.25, -0.2) is 4.98 Å². The van der Waals surface area contributed by atoms with Gasteiger partial charge < -0.3 is 14.0 Å². The SMILES string of the molecule is CN1CCN(CCOc2ccn3ccnc3c2)CC1. The zero-order chi connectivity index (χ0) is 13.1. The Hall–Kier alpha value is -1.59. The Morgan fingerprint density at radius 2 is 2.05 bits per heavy atom. The number of imidazole rings is 1. The number of pyridine rings is 1. The standard InChI is InChI=1S/C14H20N4O/c1-16-6-8-17(9-7-16)10-11-19-13-2-4-18-5-3-15-14(18)12-13/h2-5,12H,6-11H2,1H3. The van der Waals surface area contributed by atoms with Crippen molar-refractivity contribution >= 4 is 5.65 Å². The third-order valence-electron chi connectivity index (χ3n) is 3.64. The van der Waals surface area contributed by atoms with E-state index in [-0.39, 0.29) is 0 Å². The summed E-state index contributed by atoms with van der Waals surface area (Å²) in [6, 6.07) is 3.96. The van der Waals surface area contributed by atoms with Crippen molar-refractivity contribution in [3.8, 4) is 5.75 Å². The van der Waals surface area contributed by atoms with Crippen molar-refractivity contribution in [2.24, 2.45) is 0 Å². The maximum atomic E-state index is 5.80. The highest BCUT2D eigenvalue weighted by molar-refractivity contribution is 5.43. The molecule has 102 valence electrons. The molecule has 2 aromatic rings. The first-order chi connectivity index (χ1) is 9.31. The molecule has 19 heavy (non-hydrogen) atoms. The third kappa shape index (κ3) is 3.05. The fourth-order valence-corrected chi connectivity index (χ4v) is 2.35. The maximum Gasteiger partial charge on any atom is 0.140 e. The normalized spacial score (nSPS) is 17.9. The molecule has 0 amide bonds. The summed E-state index contributed by atoms with van der Waals surface area (Å²) in [4.78, 5) is 9.07. The molecule has 2 aromatic heterocycles. The lowest BCUT2D eigenvalue weighted by molar-refractivity contribution is 0.134. The number of likely N-dealkylation sites (N-methyl/N-ethyl adjacent to an activating group) is 1. The minimum atomic E-state index is 0.737. The van der Waals surface area contributed by atoms with Gasteiger partial charge in [-0.2, -0.15) is 0 Å². The first-order valence-electron chi connectivity index (χ1n) is 6.78. The van der Waals surface area contributed by atoms with Crippen molar-refractivity contribution in [1.29, 1.82) is 0 Å². The number of hydrogen-bond donors (Lipinski definition) is 0. The Morgan fingerprint density at radius 3 is 2.89 bits per heavy atom. The Bertz CT molecular complexity index is 531. The van der Waals surface area contributed by atoms with Crippen molar-refractivity contribution in [1.82, 2.24) is 19.2 Å². The molecule has 0 atom stereocenters. The van der Waals surface area contributed by atoms with Crippen LogP contribution in [0, 0.1) is 0 Å². The second kappa shape index (κ2) is 5.59. The predicted octanol–water partition coefficient (Wildman–Crippen LogP) is 0.960. The van der Waals surface area contributed by atoms with Crippen molar-refractivity contribution < 1.29 is 4.74 Å². The van der Waals surface area contributed by atoms with Gasteiger partial charge in [0, 0.05) is 57.4 Å². The summed E-state index contributed by atoms with van der Waals surface area (Å²) in [6.45, 7) is 6.31. The van der Waals surface area contributed by atoms with E-state index in [0.29, 0.717) is 0 Å². The summed E-state index contributed by atoms with van der Waals surface area (Å²) in [7, 11) is 2.17. The van der Waals surface area contributed by atoms with Crippen LogP contribution in [-0.4, -0.2) is 65.6 Å². The molecule has 0 bridgehead atoms. The Labute approximate surface area is 113 Å². The summed E-state index contributed by atoms with van der Waals surface area (Å²) in [6.07, 6.45) is 5.71. The van der Waals surface area contributed by atoms with Crippen molar-refractivity contribution in [3.63, 3.8) is 0 Å². The van der Waals surface area contributed by atoms with Gasteiger partial charge in [-0.15, -0.1) is 0 Å². The van der Waals surface area contributed by atoms with E-state index in [1.165, 1.54) is 0 Å². The molecule has 5 heteroatoms. The molecule has 0 aromatic carbocycles. The molecule has 0 aliphatic carbocycles. The predicted molar refractivity (Wildman–Crippen MR) is 74.6 cm³/mol. The van der Waals surface area contributed by atoms with Gasteiger partial charge in [-0.3, -0.25) is 4.90 Å². The zero-order valence-electron chi connectivity index (χ0n) is 11.3. The van der Waals surface area contributed by atoms with E-state index in [2.05, 4.69) is 21.8 Å². The van der Waals surface area contributed by atoms with Crippen LogP contribution in [0.15, 0.2) is 30.7 Å². The van der Waals surface area contributed by atoms with Gasteiger partial charge in [-0.1, -0.05) is 0 Å². The Balaban J connectivity index is 1.49. The van der Waals surface area contributed by atoms with E-state index in [0.717, 1.165) is 50.7 Å². The largest absolute Gasteiger partial charge is 0.492 e. The zero-order valence-corrected chi connectivity index (χ0v) is 11.3. The van der Waals surface area contributed by atoms with Crippen LogP contribution in [0.2, 0.25) is 0 Å². The number of ether oxygens (including phenoxy) is 1. The highest BCUT2D eigenvalue weighted by atomic mass is 16.5. The number of hydrogen-bond acceptors (Lipinski definition) is 4. The molecule has 0 radical (unpaired) electrons. The van der Waals surface area contributed by atoms with Crippen LogP contribution >= 0.6 is 0 Å². The van der Waals surface area contributed by atoms with Gasteiger partial charge in [0.05, 0.1) is 0 Å². The fraction of sp³-hybridized carbons (Fsp3) is 0.500. The first kappa shape index (κ1) is 12.4. The van der Waals surface area contributed by atoms with Crippen molar-refractivity contribution in [2.75, 3.05) is 46.4 Å². The summed E-state index contributed by atoms with van der Waals surface area (Å²) in [5, 5.41) is 0. The van der Waals surface area contributed by atoms with Crippen LogP contribution in [0.5, 0.6) is 5.75 Å². The average Bonchev–Trinajstić information content (AvgIpc) is 2.88. The number of nitrogens with zero attached hydrogens (tertiary/aromatic N) is 4. The molecule has 3 rings (SSSR count). The van der Waals surface area contributed by atoms with E-state index >= 15 is 0 Å². The van der Waals surface area contributed by atoms with Crippen molar-refractivity contribution in [2.45, 2.75) is 0 Å². The molecule has 1 aliphatic rings. The van der Waals surface area contributed by atoms with Gasteiger partial charge in [0.15, 0.2) is 0 Å². The third-order valence-corrected chi connectivity index (χ3v) is 3.64. The highest BCUT2D eigenvalue weighted by Gasteiger charge is 2.13. The van der Waals surface area contributed by atoms with E-state index in [1.807, 2.05) is 28.9 Å². The Morgan fingerprint density at radius 1 is 1.21 bits per heavy atom. The first-order valence-corrected chi connectivity index (χ1v) is 6.78. The number of aromatic nitrogens is 2. The second-order valence-electron chi connectivity index (χ2n) is 5.05. The molecule has 5 nitrogen and oxygen atoms in total. The average molecular weight is 260 g/mol. The number of rotatable bonds is 4. The van der Waals surface area contributed by atoms with Crippen LogP contribution < -0.4 is 4.74 Å². The quantitative estimate of drug-likeness (QED) is 0.820. The lowest BCUT2D eigenvalue weighted by Crippen LogP contribution is -2.45. The van der Waals surface area contributed by atoms with Gasteiger partial charge in [0.2, 0.25) is 0 Å². The van der Waals surface area contributed by atoms with Crippen LogP contribution in [0.25, 0.3) is 5.65 Å². The van der Waals surface area contributed by atoms with Gasteiger partial charge >= 0.3 is 0 Å². The van der Waals surface area contributed by atoms with E-state index < -0.39 is 0 Å². The maximum absolute atomic E-state index is 5.80. The smallest absolute Gasteiger partial charge is 0.140 e. The van der Waals surface area contributed by atoms with Crippen LogP contribution in [0.3, 0.4) is 0 Å². The molecule has 1 saturated heterocycles. The minimum Gasteiger partial charge on any atom is -0.492 e. The summed E-state index contributed by atoms with van der Waals surface area (Å²) >= 11 is 0. The summed E-state index contributed by atoms with van der Waals surface area (Å²) in [5.41, 5.74) is 0.928. The van der Waals surface area contributed by atoms with Crippen LogP contribution in [-0.2, 0) is 0 Å². The molecular formula is C14H20N4O. The fourth-order valence-electron chi connectivity index (χ4n) is 2.35. The lowest BCUT2D eigenvalue weighted by atomic mass is 10.3. The number of piperazine rings is 1. The lowest BCUT2D eigenvalue weighted by Gasteiger charge is -2.32. The Kier molecular flexibility index (Phi) is 3.66. The summed E-state index contributed by atoms with van der Waals surface area (Å²) < 4.78 is 7.78. The molecule has 1 aliphatic heterocycles. The molecule has 0 spiro atoms. The molecule has 0 saturated carbocycles. The van der Waals surface area contributed by atoms with E-state index in [1.54, 1.807) is 6.20 Å². The van der Waals surface area contributed by atoms with Crippen molar-refractivity contribution in [3.05, 3.63) is 30.7 Å². The monoisotopic (exact) mass is 260 g/mol. The molecule has 3 heterocycles. The molecule has 0 unspecified atom stereocenters. The summed E-state index contributed by atoms with van der Waals surface area (Å²) in [5.74, 6) is 0.896. The number of fused-ring (bicyclic) bond motifs is 1. The topological polar surface area (TPSA) is 33.0 Å². The van der Waals surface area contributed by atoms with Crippen LogP contribution in [0.4, 0.5) is 0 Å². The highest BCUT2D eigenvalue weighted by Crippen LogP contribution is 2.13. The molecule has 0 N–H and O–H groups in total. The van der Waals surface area contributed by atoms with Crippen LogP contribution in [0.1, 0.15) is 0 Å². The second-order valence-corrected chi connectivity index (χ2v) is 5.05. The van der Waals surface area contributed by atoms with E-state index in [9.17, 15) is 0 Å². The van der Waals surface area contributed by atoms with Gasteiger partial charge in [0.25, 0.3) is 0 Å². The minimum absolute atomic E-state index is 0.737. The molecule has 1 fully saturated rings. The molecular weight excluding hydrogens is 240 g/mol.